The SMILES string of the molecule is COC(O)C(CCCCNC(=O)COCCOCCNC(=O)COCCOCCNC(=O)CCC(NC(=O)CCCCCCCCCCCCCCCCCCC(=O)O)C(=O)O)NN. The van der Waals surface area contributed by atoms with E-state index in [0.29, 0.717) is 25.8 Å². The van der Waals surface area contributed by atoms with Gasteiger partial charge >= 0.3 is 11.9 Å². The number of carboxylic acids is 2. The van der Waals surface area contributed by atoms with E-state index in [1.807, 2.05) is 0 Å². The molecule has 0 saturated carbocycles. The Morgan fingerprint density at radius 1 is 0.484 bits per heavy atom. The van der Waals surface area contributed by atoms with Gasteiger partial charge in [0.2, 0.25) is 23.6 Å². The molecule has 0 bridgehead atoms. The Balaban J connectivity index is 3.65. The van der Waals surface area contributed by atoms with E-state index in [9.17, 15) is 39.0 Å². The predicted molar refractivity (Wildman–Crippen MR) is 240 cm³/mol. The molecule has 0 radical (unpaired) electrons. The summed E-state index contributed by atoms with van der Waals surface area (Å²) in [4.78, 5) is 70.5. The molecule has 4 amide bonds. The second-order valence-corrected chi connectivity index (χ2v) is 15.8. The van der Waals surface area contributed by atoms with Crippen molar-refractivity contribution in [1.29, 1.82) is 0 Å². The van der Waals surface area contributed by atoms with Crippen LogP contribution in [0, 0.1) is 0 Å². The second-order valence-electron chi connectivity index (χ2n) is 15.8. The fraction of sp³-hybridized carbons (Fsp3) is 0.864. The van der Waals surface area contributed by atoms with Crippen LogP contribution < -0.4 is 32.5 Å². The van der Waals surface area contributed by atoms with Gasteiger partial charge in [0.1, 0.15) is 19.3 Å². The van der Waals surface area contributed by atoms with Crippen molar-refractivity contribution in [2.75, 3.05) is 79.6 Å². The van der Waals surface area contributed by atoms with Gasteiger partial charge in [-0.3, -0.25) is 35.2 Å². The molecule has 20 heteroatoms. The van der Waals surface area contributed by atoms with E-state index in [-0.39, 0.29) is 121 Å². The van der Waals surface area contributed by atoms with Crippen LogP contribution in [0.15, 0.2) is 0 Å². The predicted octanol–water partition coefficient (Wildman–Crippen LogP) is 2.82. The topological polar surface area (TPSA) is 295 Å². The molecule has 0 rings (SSSR count). The lowest BCUT2D eigenvalue weighted by atomic mass is 10.0. The Morgan fingerprint density at radius 2 is 0.922 bits per heavy atom. The maximum Gasteiger partial charge on any atom is 0.326 e. The summed E-state index contributed by atoms with van der Waals surface area (Å²) in [6.07, 6.45) is 19.3. The second kappa shape index (κ2) is 44.7. The van der Waals surface area contributed by atoms with Gasteiger partial charge in [-0.2, -0.15) is 0 Å². The highest BCUT2D eigenvalue weighted by molar-refractivity contribution is 5.84. The van der Waals surface area contributed by atoms with Gasteiger partial charge in [0.15, 0.2) is 6.29 Å². The number of hydrogen-bond donors (Lipinski definition) is 9. The molecule has 374 valence electrons. The molecule has 0 aromatic rings. The fourth-order valence-electron chi connectivity index (χ4n) is 6.51. The first-order valence-corrected chi connectivity index (χ1v) is 23.5. The standard InChI is InChI=1S/C44H84N6O14/c1-60-44(59)37(50-45)20-18-19-25-46-40(53)34-63-32-31-62-29-27-48-41(54)35-64-33-30-61-28-26-47-38(51)24-23-36(43(57)58)49-39(52)21-16-14-12-10-8-6-4-2-3-5-7-9-11-13-15-17-22-42(55)56/h36-37,44,50,59H,2-35,45H2,1H3,(H,46,53)(H,47,51)(H,48,54)(H,49,52)(H,55,56)(H,57,58). The Morgan fingerprint density at radius 3 is 1.38 bits per heavy atom. The normalized spacial score (nSPS) is 12.6. The van der Waals surface area contributed by atoms with Crippen LogP contribution in [-0.4, -0.2) is 149 Å². The summed E-state index contributed by atoms with van der Waals surface area (Å²) < 4.78 is 26.2. The number of nitrogens with one attached hydrogen (secondary N) is 5. The maximum absolute atomic E-state index is 12.4. The number of ether oxygens (including phenoxy) is 5. The number of hydrazine groups is 1. The van der Waals surface area contributed by atoms with E-state index < -0.39 is 24.3 Å². The quantitative estimate of drug-likeness (QED) is 0.0184. The average Bonchev–Trinajstić information content (AvgIpc) is 3.27. The van der Waals surface area contributed by atoms with Gasteiger partial charge < -0.3 is 60.3 Å². The molecule has 0 fully saturated rings. The number of unbranched alkanes of at least 4 members (excludes halogenated alkanes) is 16. The molecule has 0 saturated heterocycles. The molecular formula is C44H84N6O14. The highest BCUT2D eigenvalue weighted by Crippen LogP contribution is 2.14. The first kappa shape index (κ1) is 60.5. The van der Waals surface area contributed by atoms with E-state index >= 15 is 0 Å². The summed E-state index contributed by atoms with van der Waals surface area (Å²) in [6.45, 7) is 1.97. The molecule has 10 N–H and O–H groups in total. The van der Waals surface area contributed by atoms with Crippen molar-refractivity contribution >= 4 is 35.6 Å². The van der Waals surface area contributed by atoms with Gasteiger partial charge in [-0.05, 0) is 38.5 Å². The van der Waals surface area contributed by atoms with E-state index in [4.69, 9.17) is 34.6 Å². The largest absolute Gasteiger partial charge is 0.481 e. The molecule has 3 unspecified atom stereocenters. The number of carbonyl (C=O) groups excluding carboxylic acids is 4. The van der Waals surface area contributed by atoms with Crippen molar-refractivity contribution in [3.8, 4) is 0 Å². The number of amides is 4. The van der Waals surface area contributed by atoms with Crippen LogP contribution in [0.3, 0.4) is 0 Å². The zero-order chi connectivity index (χ0) is 47.3. The number of aliphatic carboxylic acids is 2. The fourth-order valence-corrected chi connectivity index (χ4v) is 6.51. The molecular weight excluding hydrogens is 837 g/mol. The highest BCUT2D eigenvalue weighted by Gasteiger charge is 2.21. The molecule has 20 nitrogen and oxygen atoms in total. The molecule has 0 aromatic carbocycles. The van der Waals surface area contributed by atoms with Crippen molar-refractivity contribution < 1.29 is 67.8 Å². The van der Waals surface area contributed by atoms with Crippen molar-refractivity contribution in [1.82, 2.24) is 26.7 Å². The van der Waals surface area contributed by atoms with E-state index in [0.717, 1.165) is 44.9 Å². The summed E-state index contributed by atoms with van der Waals surface area (Å²) in [6, 6.07) is -1.53. The lowest BCUT2D eigenvalue weighted by molar-refractivity contribution is -0.142. The molecule has 0 heterocycles. The average molecular weight is 921 g/mol. The van der Waals surface area contributed by atoms with Crippen LogP contribution in [-0.2, 0) is 52.5 Å². The third-order valence-electron chi connectivity index (χ3n) is 10.2. The Bertz CT molecular complexity index is 1200. The summed E-state index contributed by atoms with van der Waals surface area (Å²) in [5.41, 5.74) is 2.50. The minimum atomic E-state index is -1.18. The highest BCUT2D eigenvalue weighted by atomic mass is 16.6. The number of carbonyl (C=O) groups is 6. The number of aliphatic hydroxyl groups excluding tert-OH is 1. The number of rotatable bonds is 48. The Kier molecular flexibility index (Phi) is 42.2. The Labute approximate surface area is 380 Å². The Hall–Kier alpha value is -3.50. The molecule has 0 aromatic heterocycles. The number of nitrogens with two attached hydrogens (primary N) is 1. The van der Waals surface area contributed by atoms with E-state index in [1.165, 1.54) is 64.9 Å². The first-order valence-electron chi connectivity index (χ1n) is 23.5. The number of carboxylic acid groups (broad SMARTS) is 2. The van der Waals surface area contributed by atoms with Crippen LogP contribution in [0.4, 0.5) is 0 Å². The lowest BCUT2D eigenvalue weighted by Gasteiger charge is -2.20. The van der Waals surface area contributed by atoms with Gasteiger partial charge in [0, 0.05) is 46.0 Å². The third-order valence-corrected chi connectivity index (χ3v) is 10.2. The van der Waals surface area contributed by atoms with Gasteiger partial charge in [-0.15, -0.1) is 0 Å². The zero-order valence-corrected chi connectivity index (χ0v) is 38.7. The van der Waals surface area contributed by atoms with Gasteiger partial charge in [-0.1, -0.05) is 89.9 Å². The monoisotopic (exact) mass is 921 g/mol. The number of methoxy groups -OCH3 is 1. The van der Waals surface area contributed by atoms with Crippen LogP contribution in [0.25, 0.3) is 0 Å². The molecule has 0 spiro atoms. The van der Waals surface area contributed by atoms with Crippen molar-refractivity contribution in [3.05, 3.63) is 0 Å². The smallest absolute Gasteiger partial charge is 0.326 e. The van der Waals surface area contributed by atoms with Crippen molar-refractivity contribution in [3.63, 3.8) is 0 Å². The first-order chi connectivity index (χ1) is 31.0. The van der Waals surface area contributed by atoms with Crippen LogP contribution in [0.2, 0.25) is 0 Å². The number of hydrogen-bond acceptors (Lipinski definition) is 14. The minimum absolute atomic E-state index is 0.0255. The number of aliphatic hydroxyl groups is 1. The summed E-state index contributed by atoms with van der Waals surface area (Å²) in [7, 11) is 1.39. The van der Waals surface area contributed by atoms with Crippen molar-refractivity contribution in [2.45, 2.75) is 166 Å². The third kappa shape index (κ3) is 41.2. The molecule has 0 aliphatic rings. The lowest BCUT2D eigenvalue weighted by Crippen LogP contribution is -2.44. The minimum Gasteiger partial charge on any atom is -0.481 e. The summed E-state index contributed by atoms with van der Waals surface area (Å²) in [5.74, 6) is 2.25. The summed E-state index contributed by atoms with van der Waals surface area (Å²) >= 11 is 0. The zero-order valence-electron chi connectivity index (χ0n) is 38.7. The summed E-state index contributed by atoms with van der Waals surface area (Å²) in [5, 5.41) is 38.4. The maximum atomic E-state index is 12.4. The van der Waals surface area contributed by atoms with E-state index in [2.05, 4.69) is 26.7 Å². The molecule has 0 aliphatic carbocycles. The van der Waals surface area contributed by atoms with Crippen LogP contribution in [0.5, 0.6) is 0 Å². The molecule has 0 aliphatic heterocycles. The van der Waals surface area contributed by atoms with E-state index in [1.54, 1.807) is 0 Å². The van der Waals surface area contributed by atoms with Gasteiger partial charge in [0.05, 0.1) is 45.7 Å². The van der Waals surface area contributed by atoms with Gasteiger partial charge in [-0.25, -0.2) is 4.79 Å². The molecule has 64 heavy (non-hydrogen) atoms. The van der Waals surface area contributed by atoms with Crippen molar-refractivity contribution in [2.24, 2.45) is 5.84 Å². The van der Waals surface area contributed by atoms with Gasteiger partial charge in [0.25, 0.3) is 0 Å². The van der Waals surface area contributed by atoms with Crippen LogP contribution in [0.1, 0.15) is 148 Å². The van der Waals surface area contributed by atoms with Crippen LogP contribution >= 0.6 is 0 Å². The molecule has 3 atom stereocenters.